The molecule has 2 aromatic heterocycles. The van der Waals surface area contributed by atoms with Crippen LogP contribution in [0.4, 0.5) is 13.2 Å². The standard InChI is InChI=1S/C14H7F3N2OS/c15-14(16,17)13-18-7-11(21-13)12(20)10-6-5-8-3-1-2-4-9(8)19-10/h1-7H. The minimum Gasteiger partial charge on any atom is -0.286 e. The lowest BCUT2D eigenvalue weighted by Crippen LogP contribution is -2.03. The zero-order valence-corrected chi connectivity index (χ0v) is 11.2. The van der Waals surface area contributed by atoms with Crippen molar-refractivity contribution in [2.24, 2.45) is 0 Å². The number of alkyl halides is 3. The number of hydrogen-bond donors (Lipinski definition) is 0. The van der Waals surface area contributed by atoms with E-state index in [0.717, 1.165) is 11.6 Å². The van der Waals surface area contributed by atoms with Gasteiger partial charge in [-0.05, 0) is 12.1 Å². The number of thiazole rings is 1. The summed E-state index contributed by atoms with van der Waals surface area (Å²) in [6.45, 7) is 0. The number of pyridine rings is 1. The van der Waals surface area contributed by atoms with Crippen molar-refractivity contribution in [3.05, 3.63) is 58.2 Å². The highest BCUT2D eigenvalue weighted by molar-refractivity contribution is 7.13. The summed E-state index contributed by atoms with van der Waals surface area (Å²) < 4.78 is 37.5. The van der Waals surface area contributed by atoms with Crippen LogP contribution in [-0.4, -0.2) is 15.8 Å². The fraction of sp³-hybridized carbons (Fsp3) is 0.0714. The molecule has 7 heteroatoms. The van der Waals surface area contributed by atoms with Gasteiger partial charge >= 0.3 is 6.18 Å². The van der Waals surface area contributed by atoms with Gasteiger partial charge in [-0.1, -0.05) is 24.3 Å². The Labute approximate surface area is 121 Å². The maximum atomic E-state index is 12.5. The van der Waals surface area contributed by atoms with E-state index < -0.39 is 17.0 Å². The highest BCUT2D eigenvalue weighted by Crippen LogP contribution is 2.33. The van der Waals surface area contributed by atoms with Crippen LogP contribution in [0.15, 0.2) is 42.6 Å². The number of carbonyl (C=O) groups is 1. The summed E-state index contributed by atoms with van der Waals surface area (Å²) in [5.41, 5.74) is 0.718. The van der Waals surface area contributed by atoms with Crippen LogP contribution >= 0.6 is 11.3 Å². The third-order valence-corrected chi connectivity index (χ3v) is 3.84. The Morgan fingerprint density at radius 2 is 1.86 bits per heavy atom. The minimum absolute atomic E-state index is 0.0786. The molecule has 106 valence electrons. The number of carbonyl (C=O) groups excluding carboxylic acids is 1. The molecular formula is C14H7F3N2OS. The second-order valence-electron chi connectivity index (χ2n) is 4.25. The van der Waals surface area contributed by atoms with Crippen LogP contribution in [0.5, 0.6) is 0 Å². The number of aromatic nitrogens is 2. The fourth-order valence-corrected chi connectivity index (χ4v) is 2.56. The van der Waals surface area contributed by atoms with E-state index in [1.807, 2.05) is 12.1 Å². The predicted octanol–water partition coefficient (Wildman–Crippen LogP) is 3.94. The lowest BCUT2D eigenvalue weighted by Gasteiger charge is -2.01. The molecule has 0 aliphatic heterocycles. The summed E-state index contributed by atoms with van der Waals surface area (Å²) >= 11 is 0.323. The molecule has 0 saturated heterocycles. The van der Waals surface area contributed by atoms with Crippen LogP contribution in [0.1, 0.15) is 20.4 Å². The smallest absolute Gasteiger partial charge is 0.286 e. The molecule has 3 nitrogen and oxygen atoms in total. The molecule has 0 N–H and O–H groups in total. The highest BCUT2D eigenvalue weighted by atomic mass is 32.1. The topological polar surface area (TPSA) is 42.9 Å². The summed E-state index contributed by atoms with van der Waals surface area (Å²) in [4.78, 5) is 19.5. The van der Waals surface area contributed by atoms with Gasteiger partial charge in [0.1, 0.15) is 5.69 Å². The Hall–Kier alpha value is -2.28. The van der Waals surface area contributed by atoms with Crippen LogP contribution in [0.2, 0.25) is 0 Å². The predicted molar refractivity (Wildman–Crippen MR) is 72.3 cm³/mol. The number of fused-ring (bicyclic) bond motifs is 1. The van der Waals surface area contributed by atoms with Gasteiger partial charge in [-0.3, -0.25) is 4.79 Å². The lowest BCUT2D eigenvalue weighted by molar-refractivity contribution is -0.137. The van der Waals surface area contributed by atoms with Crippen LogP contribution in [-0.2, 0) is 6.18 Å². The second-order valence-corrected chi connectivity index (χ2v) is 5.28. The molecule has 2 heterocycles. The molecule has 0 atom stereocenters. The van der Waals surface area contributed by atoms with Crippen molar-refractivity contribution in [3.63, 3.8) is 0 Å². The molecule has 0 fully saturated rings. The van der Waals surface area contributed by atoms with Gasteiger partial charge in [-0.15, -0.1) is 11.3 Å². The molecule has 0 spiro atoms. The number of halogens is 3. The Morgan fingerprint density at radius 3 is 2.57 bits per heavy atom. The molecule has 3 aromatic rings. The molecule has 1 aromatic carbocycles. The average molecular weight is 308 g/mol. The lowest BCUT2D eigenvalue weighted by atomic mass is 10.1. The van der Waals surface area contributed by atoms with Crippen LogP contribution in [0.3, 0.4) is 0 Å². The molecular weight excluding hydrogens is 301 g/mol. The SMILES string of the molecule is O=C(c1ccc2ccccc2n1)c1cnc(C(F)(F)F)s1. The summed E-state index contributed by atoms with van der Waals surface area (Å²) in [5.74, 6) is -0.561. The number of ketones is 1. The van der Waals surface area contributed by atoms with Crippen molar-refractivity contribution >= 4 is 28.0 Å². The van der Waals surface area contributed by atoms with Gasteiger partial charge in [0.05, 0.1) is 10.4 Å². The van der Waals surface area contributed by atoms with Crippen LogP contribution in [0, 0.1) is 0 Å². The zero-order chi connectivity index (χ0) is 15.0. The summed E-state index contributed by atoms with van der Waals surface area (Å²) in [7, 11) is 0. The van der Waals surface area contributed by atoms with E-state index in [2.05, 4.69) is 9.97 Å². The quantitative estimate of drug-likeness (QED) is 0.673. The van der Waals surface area contributed by atoms with Crippen LogP contribution in [0.25, 0.3) is 10.9 Å². The fourth-order valence-electron chi connectivity index (χ4n) is 1.83. The Morgan fingerprint density at radius 1 is 1.10 bits per heavy atom. The third-order valence-electron chi connectivity index (χ3n) is 2.80. The Bertz CT molecular complexity index is 826. The highest BCUT2D eigenvalue weighted by Gasteiger charge is 2.35. The normalized spacial score (nSPS) is 11.8. The Kier molecular flexibility index (Phi) is 3.21. The van der Waals surface area contributed by atoms with Gasteiger partial charge in [0, 0.05) is 11.6 Å². The molecule has 0 aliphatic rings. The van der Waals surface area contributed by atoms with E-state index in [0.29, 0.717) is 16.9 Å². The first kappa shape index (κ1) is 13.7. The largest absolute Gasteiger partial charge is 0.443 e. The number of benzene rings is 1. The minimum atomic E-state index is -4.54. The zero-order valence-electron chi connectivity index (χ0n) is 10.4. The van der Waals surface area contributed by atoms with Crippen LogP contribution < -0.4 is 0 Å². The monoisotopic (exact) mass is 308 g/mol. The first-order chi connectivity index (χ1) is 9.95. The van der Waals surface area contributed by atoms with E-state index in [-0.39, 0.29) is 10.6 Å². The van der Waals surface area contributed by atoms with Gasteiger partial charge < -0.3 is 0 Å². The molecule has 0 amide bonds. The van der Waals surface area contributed by atoms with Crippen molar-refractivity contribution in [2.45, 2.75) is 6.18 Å². The maximum Gasteiger partial charge on any atom is 0.443 e. The van der Waals surface area contributed by atoms with Crippen molar-refractivity contribution in [1.82, 2.24) is 9.97 Å². The first-order valence-corrected chi connectivity index (χ1v) is 6.70. The summed E-state index contributed by atoms with van der Waals surface area (Å²) in [6, 6.07) is 10.4. The van der Waals surface area contributed by atoms with Gasteiger partial charge in [-0.25, -0.2) is 9.97 Å². The molecule has 0 aliphatic carbocycles. The second kappa shape index (κ2) is 4.92. The average Bonchev–Trinajstić information content (AvgIpc) is 2.96. The van der Waals surface area contributed by atoms with Crippen molar-refractivity contribution < 1.29 is 18.0 Å². The number of rotatable bonds is 2. The molecule has 3 rings (SSSR count). The van der Waals surface area contributed by atoms with E-state index in [1.165, 1.54) is 6.07 Å². The molecule has 0 saturated carbocycles. The van der Waals surface area contributed by atoms with E-state index >= 15 is 0 Å². The third kappa shape index (κ3) is 2.64. The molecule has 21 heavy (non-hydrogen) atoms. The van der Waals surface area contributed by atoms with Crippen molar-refractivity contribution in [3.8, 4) is 0 Å². The first-order valence-electron chi connectivity index (χ1n) is 5.89. The van der Waals surface area contributed by atoms with Gasteiger partial charge in [0.2, 0.25) is 5.78 Å². The number of hydrogen-bond acceptors (Lipinski definition) is 4. The van der Waals surface area contributed by atoms with Crippen molar-refractivity contribution in [1.29, 1.82) is 0 Å². The molecule has 0 bridgehead atoms. The van der Waals surface area contributed by atoms with E-state index in [9.17, 15) is 18.0 Å². The number of para-hydroxylation sites is 1. The Balaban J connectivity index is 1.98. The summed E-state index contributed by atoms with van der Waals surface area (Å²) in [6.07, 6.45) is -3.60. The maximum absolute atomic E-state index is 12.5. The van der Waals surface area contributed by atoms with E-state index in [4.69, 9.17) is 0 Å². The van der Waals surface area contributed by atoms with E-state index in [1.54, 1.807) is 18.2 Å². The molecule has 0 unspecified atom stereocenters. The van der Waals surface area contributed by atoms with Crippen molar-refractivity contribution in [2.75, 3.05) is 0 Å². The summed E-state index contributed by atoms with van der Waals surface area (Å²) in [5, 5.41) is -0.180. The van der Waals surface area contributed by atoms with Gasteiger partial charge in [-0.2, -0.15) is 13.2 Å². The number of nitrogens with zero attached hydrogens (tertiary/aromatic N) is 2. The van der Waals surface area contributed by atoms with Gasteiger partial charge in [0.25, 0.3) is 0 Å². The van der Waals surface area contributed by atoms with Gasteiger partial charge in [0.15, 0.2) is 5.01 Å². The molecule has 0 radical (unpaired) electrons.